The van der Waals surface area contributed by atoms with Crippen molar-refractivity contribution in [1.29, 1.82) is 0 Å². The van der Waals surface area contributed by atoms with Gasteiger partial charge in [-0.05, 0) is 45.2 Å². The Morgan fingerprint density at radius 2 is 2.08 bits per heavy atom. The summed E-state index contributed by atoms with van der Waals surface area (Å²) in [7, 11) is 0. The van der Waals surface area contributed by atoms with Gasteiger partial charge < -0.3 is 10.6 Å². The molecular formula is C10H22N2. The summed E-state index contributed by atoms with van der Waals surface area (Å²) in [5.41, 5.74) is 5.65. The summed E-state index contributed by atoms with van der Waals surface area (Å²) < 4.78 is 0. The van der Waals surface area contributed by atoms with Crippen LogP contribution in [0.15, 0.2) is 0 Å². The third-order valence-electron chi connectivity index (χ3n) is 3.16. The molecule has 1 rings (SSSR count). The van der Waals surface area contributed by atoms with Crippen LogP contribution in [0.2, 0.25) is 0 Å². The zero-order chi connectivity index (χ0) is 9.14. The maximum Gasteiger partial charge on any atom is 0.00387 e. The average molecular weight is 170 g/mol. The first kappa shape index (κ1) is 10.0. The summed E-state index contributed by atoms with van der Waals surface area (Å²) in [6.45, 7) is 10.2. The third-order valence-corrected chi connectivity index (χ3v) is 3.16. The van der Waals surface area contributed by atoms with Crippen molar-refractivity contribution in [3.8, 4) is 0 Å². The van der Waals surface area contributed by atoms with Crippen LogP contribution in [0, 0.1) is 11.8 Å². The first-order valence-corrected chi connectivity index (χ1v) is 5.09. The van der Waals surface area contributed by atoms with Crippen LogP contribution in [0.5, 0.6) is 0 Å². The summed E-state index contributed by atoms with van der Waals surface area (Å²) in [5, 5.41) is 0. The second kappa shape index (κ2) is 4.24. The lowest BCUT2D eigenvalue weighted by Crippen LogP contribution is -2.30. The summed E-state index contributed by atoms with van der Waals surface area (Å²) in [6.07, 6.45) is 1.34. The smallest absolute Gasteiger partial charge is 0.00387 e. The van der Waals surface area contributed by atoms with Crippen LogP contribution < -0.4 is 5.73 Å². The lowest BCUT2D eigenvalue weighted by Gasteiger charge is -2.22. The Bertz CT molecular complexity index is 134. The Morgan fingerprint density at radius 1 is 1.42 bits per heavy atom. The van der Waals surface area contributed by atoms with Crippen LogP contribution in [0.4, 0.5) is 0 Å². The average Bonchev–Trinajstić information content (AvgIpc) is 2.51. The zero-order valence-electron chi connectivity index (χ0n) is 8.59. The highest BCUT2D eigenvalue weighted by Crippen LogP contribution is 2.24. The molecule has 2 unspecified atom stereocenters. The van der Waals surface area contributed by atoms with Gasteiger partial charge in [0.05, 0.1) is 0 Å². The Balaban J connectivity index is 2.35. The molecule has 2 atom stereocenters. The lowest BCUT2D eigenvalue weighted by molar-refractivity contribution is 0.251. The molecule has 0 aromatic carbocycles. The SMILES string of the molecule is CC(CN)C1CCN(C(C)C)C1. The van der Waals surface area contributed by atoms with Gasteiger partial charge in [0.1, 0.15) is 0 Å². The van der Waals surface area contributed by atoms with Crippen molar-refractivity contribution in [3.63, 3.8) is 0 Å². The molecule has 1 aliphatic heterocycles. The van der Waals surface area contributed by atoms with E-state index >= 15 is 0 Å². The number of hydrogen-bond acceptors (Lipinski definition) is 2. The van der Waals surface area contributed by atoms with Crippen molar-refractivity contribution in [2.75, 3.05) is 19.6 Å². The van der Waals surface area contributed by atoms with Gasteiger partial charge in [0.15, 0.2) is 0 Å². The molecule has 1 aliphatic rings. The molecule has 1 fully saturated rings. The molecule has 0 amide bonds. The van der Waals surface area contributed by atoms with Gasteiger partial charge in [-0.1, -0.05) is 6.92 Å². The fourth-order valence-electron chi connectivity index (χ4n) is 1.94. The van der Waals surface area contributed by atoms with Crippen LogP contribution in [0.1, 0.15) is 27.2 Å². The van der Waals surface area contributed by atoms with E-state index in [1.807, 2.05) is 0 Å². The van der Waals surface area contributed by atoms with E-state index in [1.165, 1.54) is 19.5 Å². The van der Waals surface area contributed by atoms with Crippen LogP contribution in [-0.2, 0) is 0 Å². The van der Waals surface area contributed by atoms with Gasteiger partial charge in [-0.2, -0.15) is 0 Å². The van der Waals surface area contributed by atoms with Gasteiger partial charge in [0.25, 0.3) is 0 Å². The highest BCUT2D eigenvalue weighted by atomic mass is 15.2. The second-order valence-corrected chi connectivity index (χ2v) is 4.35. The normalized spacial score (nSPS) is 28.2. The van der Waals surface area contributed by atoms with Crippen molar-refractivity contribution in [2.45, 2.75) is 33.2 Å². The number of likely N-dealkylation sites (tertiary alicyclic amines) is 1. The molecule has 12 heavy (non-hydrogen) atoms. The van der Waals surface area contributed by atoms with Crippen molar-refractivity contribution in [3.05, 3.63) is 0 Å². The molecule has 0 bridgehead atoms. The van der Waals surface area contributed by atoms with Gasteiger partial charge in [0, 0.05) is 12.6 Å². The standard InChI is InChI=1S/C10H22N2/c1-8(2)12-5-4-10(7-12)9(3)6-11/h8-10H,4-7,11H2,1-3H3. The topological polar surface area (TPSA) is 29.3 Å². The van der Waals surface area contributed by atoms with Crippen molar-refractivity contribution >= 4 is 0 Å². The van der Waals surface area contributed by atoms with Crippen molar-refractivity contribution < 1.29 is 0 Å². The molecule has 0 aromatic heterocycles. The first-order valence-electron chi connectivity index (χ1n) is 5.09. The Labute approximate surface area is 76.1 Å². The summed E-state index contributed by atoms with van der Waals surface area (Å²) in [4.78, 5) is 2.55. The van der Waals surface area contributed by atoms with Gasteiger partial charge in [0.2, 0.25) is 0 Å². The predicted octanol–water partition coefficient (Wildman–Crippen LogP) is 1.31. The number of nitrogens with two attached hydrogens (primary N) is 1. The number of hydrogen-bond donors (Lipinski definition) is 1. The van der Waals surface area contributed by atoms with Crippen LogP contribution in [0.3, 0.4) is 0 Å². The van der Waals surface area contributed by atoms with E-state index < -0.39 is 0 Å². The van der Waals surface area contributed by atoms with Gasteiger partial charge in [-0.15, -0.1) is 0 Å². The van der Waals surface area contributed by atoms with Crippen LogP contribution in [-0.4, -0.2) is 30.6 Å². The Hall–Kier alpha value is -0.0800. The van der Waals surface area contributed by atoms with E-state index in [0.29, 0.717) is 12.0 Å². The van der Waals surface area contributed by atoms with E-state index in [0.717, 1.165) is 12.5 Å². The first-order chi connectivity index (χ1) is 5.65. The molecule has 1 saturated heterocycles. The van der Waals surface area contributed by atoms with E-state index in [1.54, 1.807) is 0 Å². The predicted molar refractivity (Wildman–Crippen MR) is 53.0 cm³/mol. The van der Waals surface area contributed by atoms with Gasteiger partial charge >= 0.3 is 0 Å². The molecule has 0 aliphatic carbocycles. The molecular weight excluding hydrogens is 148 g/mol. The third kappa shape index (κ3) is 2.20. The van der Waals surface area contributed by atoms with E-state index in [2.05, 4.69) is 25.7 Å². The fraction of sp³-hybridized carbons (Fsp3) is 1.00. The molecule has 0 aromatic rings. The molecule has 0 spiro atoms. The van der Waals surface area contributed by atoms with E-state index in [4.69, 9.17) is 5.73 Å². The van der Waals surface area contributed by atoms with E-state index in [-0.39, 0.29) is 0 Å². The molecule has 0 radical (unpaired) electrons. The largest absolute Gasteiger partial charge is 0.330 e. The van der Waals surface area contributed by atoms with Crippen molar-refractivity contribution in [2.24, 2.45) is 17.6 Å². The lowest BCUT2D eigenvalue weighted by atomic mass is 9.94. The minimum atomic E-state index is 0.703. The zero-order valence-corrected chi connectivity index (χ0v) is 8.59. The minimum Gasteiger partial charge on any atom is -0.330 e. The van der Waals surface area contributed by atoms with Crippen molar-refractivity contribution in [1.82, 2.24) is 4.90 Å². The maximum absolute atomic E-state index is 5.65. The molecule has 0 saturated carbocycles. The molecule has 1 heterocycles. The molecule has 72 valence electrons. The fourth-order valence-corrected chi connectivity index (χ4v) is 1.94. The quantitative estimate of drug-likeness (QED) is 0.692. The molecule has 2 heteroatoms. The maximum atomic E-state index is 5.65. The molecule has 2 nitrogen and oxygen atoms in total. The number of rotatable bonds is 3. The minimum absolute atomic E-state index is 0.703. The summed E-state index contributed by atoms with van der Waals surface area (Å²) in [6, 6.07) is 0.708. The highest BCUT2D eigenvalue weighted by molar-refractivity contribution is 4.81. The summed E-state index contributed by atoms with van der Waals surface area (Å²) >= 11 is 0. The summed E-state index contributed by atoms with van der Waals surface area (Å²) in [5.74, 6) is 1.55. The Morgan fingerprint density at radius 3 is 2.50 bits per heavy atom. The van der Waals surface area contributed by atoms with E-state index in [9.17, 15) is 0 Å². The van der Waals surface area contributed by atoms with Crippen LogP contribution in [0.25, 0.3) is 0 Å². The monoisotopic (exact) mass is 170 g/mol. The van der Waals surface area contributed by atoms with Gasteiger partial charge in [-0.25, -0.2) is 0 Å². The Kier molecular flexibility index (Phi) is 3.53. The van der Waals surface area contributed by atoms with Crippen LogP contribution >= 0.6 is 0 Å². The second-order valence-electron chi connectivity index (χ2n) is 4.35. The number of nitrogens with zero attached hydrogens (tertiary/aromatic N) is 1. The highest BCUT2D eigenvalue weighted by Gasteiger charge is 2.27. The van der Waals surface area contributed by atoms with Gasteiger partial charge in [-0.3, -0.25) is 0 Å². The molecule has 2 N–H and O–H groups in total.